The van der Waals surface area contributed by atoms with Crippen molar-refractivity contribution < 1.29 is 14.3 Å². The lowest BCUT2D eigenvalue weighted by atomic mass is 9.95. The third-order valence-corrected chi connectivity index (χ3v) is 4.79. The van der Waals surface area contributed by atoms with E-state index in [9.17, 15) is 9.59 Å². The second-order valence-corrected chi connectivity index (χ2v) is 6.55. The number of carbonyl (C=O) groups is 2. The summed E-state index contributed by atoms with van der Waals surface area (Å²) in [4.78, 5) is 24.7. The molecule has 0 aliphatic heterocycles. The summed E-state index contributed by atoms with van der Waals surface area (Å²) in [5.41, 5.74) is 3.86. The van der Waals surface area contributed by atoms with E-state index in [4.69, 9.17) is 4.74 Å². The molecule has 3 aromatic rings. The maximum Gasteiger partial charge on any atom is 0.251 e. The first-order valence-corrected chi connectivity index (χ1v) is 8.97. The molecule has 0 fully saturated rings. The summed E-state index contributed by atoms with van der Waals surface area (Å²) in [7, 11) is 1.66. The number of hydrogen-bond donors (Lipinski definition) is 1. The van der Waals surface area contributed by atoms with E-state index in [0.29, 0.717) is 23.2 Å². The van der Waals surface area contributed by atoms with Gasteiger partial charge in [-0.1, -0.05) is 24.3 Å². The van der Waals surface area contributed by atoms with E-state index in [1.165, 1.54) is 0 Å². The zero-order valence-electron chi connectivity index (χ0n) is 16.1. The van der Waals surface area contributed by atoms with E-state index in [0.717, 1.165) is 27.6 Å². The van der Waals surface area contributed by atoms with E-state index in [1.807, 2.05) is 45.0 Å². The molecule has 0 heterocycles. The number of ketones is 1. The average molecular weight is 361 g/mol. The normalized spacial score (nSPS) is 10.7. The average Bonchev–Trinajstić information content (AvgIpc) is 2.70. The van der Waals surface area contributed by atoms with Crippen LogP contribution in [0.1, 0.15) is 44.3 Å². The van der Waals surface area contributed by atoms with E-state index in [1.54, 1.807) is 31.4 Å². The quantitative estimate of drug-likeness (QED) is 0.683. The number of hydrogen-bond acceptors (Lipinski definition) is 3. The molecule has 4 nitrogen and oxygen atoms in total. The van der Waals surface area contributed by atoms with Crippen LogP contribution in [0, 0.1) is 13.8 Å². The van der Waals surface area contributed by atoms with Crippen molar-refractivity contribution in [3.63, 3.8) is 0 Å². The lowest BCUT2D eigenvalue weighted by molar-refractivity contribution is 0.0954. The highest BCUT2D eigenvalue weighted by Gasteiger charge is 2.14. The van der Waals surface area contributed by atoms with Crippen molar-refractivity contribution in [2.45, 2.75) is 20.8 Å². The Bertz CT molecular complexity index is 1020. The fourth-order valence-corrected chi connectivity index (χ4v) is 3.27. The highest BCUT2D eigenvalue weighted by molar-refractivity contribution is 6.11. The zero-order chi connectivity index (χ0) is 19.6. The molecule has 0 atom stereocenters. The zero-order valence-corrected chi connectivity index (χ0v) is 16.1. The highest BCUT2D eigenvalue weighted by atomic mass is 16.5. The Kier molecular flexibility index (Phi) is 5.26. The van der Waals surface area contributed by atoms with E-state index < -0.39 is 0 Å². The molecule has 0 aromatic heterocycles. The molecule has 0 saturated carbocycles. The van der Waals surface area contributed by atoms with Crippen molar-refractivity contribution in [3.8, 4) is 5.75 Å². The van der Waals surface area contributed by atoms with Crippen LogP contribution in [-0.4, -0.2) is 25.3 Å². The first-order chi connectivity index (χ1) is 13.0. The molecule has 3 aromatic carbocycles. The molecule has 3 rings (SSSR count). The largest absolute Gasteiger partial charge is 0.496 e. The second-order valence-electron chi connectivity index (χ2n) is 6.55. The first-order valence-electron chi connectivity index (χ1n) is 8.97. The number of methoxy groups -OCH3 is 1. The van der Waals surface area contributed by atoms with E-state index in [2.05, 4.69) is 5.32 Å². The van der Waals surface area contributed by atoms with Gasteiger partial charge in [0.1, 0.15) is 5.75 Å². The number of rotatable bonds is 5. The summed E-state index contributed by atoms with van der Waals surface area (Å²) in [5.74, 6) is 0.648. The van der Waals surface area contributed by atoms with Crippen molar-refractivity contribution in [1.29, 1.82) is 0 Å². The number of fused-ring (bicyclic) bond motifs is 1. The molecule has 138 valence electrons. The SMILES string of the molecule is CCNC(=O)c1ccc(C(=O)c2ccc3c(C)c(OC)cc(C)c3c2)cc1. The standard InChI is InChI=1S/C23H23NO3/c1-5-24-23(26)17-8-6-16(7-9-17)22(25)18-10-11-19-15(3)21(27-4)12-14(2)20(19)13-18/h6-13H,5H2,1-4H3,(H,24,26). The Balaban J connectivity index is 1.96. The monoisotopic (exact) mass is 361 g/mol. The van der Waals surface area contributed by atoms with Crippen LogP contribution in [-0.2, 0) is 0 Å². The number of amides is 1. The Labute approximate surface area is 159 Å². The van der Waals surface area contributed by atoms with Crippen molar-refractivity contribution in [2.24, 2.45) is 0 Å². The van der Waals surface area contributed by atoms with Gasteiger partial charge in [-0.05, 0) is 66.9 Å². The smallest absolute Gasteiger partial charge is 0.251 e. The van der Waals surface area contributed by atoms with Gasteiger partial charge in [0.05, 0.1) is 7.11 Å². The molecule has 27 heavy (non-hydrogen) atoms. The van der Waals surface area contributed by atoms with Crippen LogP contribution in [0.25, 0.3) is 10.8 Å². The van der Waals surface area contributed by atoms with Crippen LogP contribution < -0.4 is 10.1 Å². The van der Waals surface area contributed by atoms with Crippen molar-refractivity contribution >= 4 is 22.5 Å². The summed E-state index contributed by atoms with van der Waals surface area (Å²) in [6, 6.07) is 14.5. The van der Waals surface area contributed by atoms with E-state index >= 15 is 0 Å². The minimum atomic E-state index is -0.137. The van der Waals surface area contributed by atoms with Gasteiger partial charge in [-0.3, -0.25) is 9.59 Å². The second kappa shape index (κ2) is 7.62. The van der Waals surface area contributed by atoms with Crippen molar-refractivity contribution in [2.75, 3.05) is 13.7 Å². The Morgan fingerprint density at radius 1 is 0.889 bits per heavy atom. The highest BCUT2D eigenvalue weighted by Crippen LogP contribution is 2.31. The molecule has 0 bridgehead atoms. The van der Waals surface area contributed by atoms with Gasteiger partial charge in [0.25, 0.3) is 5.91 Å². The van der Waals surface area contributed by atoms with Gasteiger partial charge in [-0.15, -0.1) is 0 Å². The third kappa shape index (κ3) is 3.56. The molecule has 4 heteroatoms. The molecule has 0 aliphatic carbocycles. The molecular formula is C23H23NO3. The van der Waals surface area contributed by atoms with Gasteiger partial charge in [-0.25, -0.2) is 0 Å². The molecule has 0 aliphatic rings. The third-order valence-electron chi connectivity index (χ3n) is 4.79. The van der Waals surface area contributed by atoms with Crippen LogP contribution in [0.5, 0.6) is 5.75 Å². The minimum absolute atomic E-state index is 0.0628. The van der Waals surface area contributed by atoms with E-state index in [-0.39, 0.29) is 11.7 Å². The molecule has 0 unspecified atom stereocenters. The first kappa shape index (κ1) is 18.6. The van der Waals surface area contributed by atoms with Gasteiger partial charge < -0.3 is 10.1 Å². The summed E-state index contributed by atoms with van der Waals surface area (Å²) in [6.07, 6.45) is 0. The molecule has 1 N–H and O–H groups in total. The summed E-state index contributed by atoms with van der Waals surface area (Å²) >= 11 is 0. The van der Waals surface area contributed by atoms with Crippen LogP contribution in [0.4, 0.5) is 0 Å². The Morgan fingerprint density at radius 2 is 1.52 bits per heavy atom. The maximum absolute atomic E-state index is 12.9. The summed E-state index contributed by atoms with van der Waals surface area (Å²) < 4.78 is 5.43. The van der Waals surface area contributed by atoms with Crippen molar-refractivity contribution in [1.82, 2.24) is 5.32 Å². The molecule has 0 saturated heterocycles. The Hall–Kier alpha value is -3.14. The molecular weight excluding hydrogens is 338 g/mol. The topological polar surface area (TPSA) is 55.4 Å². The molecule has 0 spiro atoms. The van der Waals surface area contributed by atoms with Crippen molar-refractivity contribution in [3.05, 3.63) is 76.3 Å². The van der Waals surface area contributed by atoms with Crippen LogP contribution in [0.3, 0.4) is 0 Å². The van der Waals surface area contributed by atoms with Crippen LogP contribution in [0.15, 0.2) is 48.5 Å². The maximum atomic E-state index is 12.9. The molecule has 1 amide bonds. The molecule has 0 radical (unpaired) electrons. The minimum Gasteiger partial charge on any atom is -0.496 e. The fourth-order valence-electron chi connectivity index (χ4n) is 3.27. The van der Waals surface area contributed by atoms with Crippen LogP contribution in [0.2, 0.25) is 0 Å². The Morgan fingerprint density at radius 3 is 2.15 bits per heavy atom. The van der Waals surface area contributed by atoms with Gasteiger partial charge in [0.15, 0.2) is 5.78 Å². The van der Waals surface area contributed by atoms with Gasteiger partial charge >= 0.3 is 0 Å². The number of ether oxygens (including phenoxy) is 1. The predicted molar refractivity (Wildman–Crippen MR) is 108 cm³/mol. The van der Waals surface area contributed by atoms with Gasteiger partial charge in [-0.2, -0.15) is 0 Å². The summed E-state index contributed by atoms with van der Waals surface area (Å²) in [6.45, 7) is 6.47. The summed E-state index contributed by atoms with van der Waals surface area (Å²) in [5, 5.41) is 4.87. The van der Waals surface area contributed by atoms with Gasteiger partial charge in [0.2, 0.25) is 0 Å². The lowest BCUT2D eigenvalue weighted by Gasteiger charge is -2.12. The van der Waals surface area contributed by atoms with Gasteiger partial charge in [0, 0.05) is 23.2 Å². The number of nitrogens with one attached hydrogen (secondary N) is 1. The number of benzene rings is 3. The number of carbonyl (C=O) groups excluding carboxylic acids is 2. The predicted octanol–water partition coefficient (Wildman–Crippen LogP) is 4.45. The van der Waals surface area contributed by atoms with Crippen LogP contribution >= 0.6 is 0 Å². The fraction of sp³-hybridized carbons (Fsp3) is 0.217. The number of aryl methyl sites for hydroxylation is 2. The lowest BCUT2D eigenvalue weighted by Crippen LogP contribution is -2.22.